The highest BCUT2D eigenvalue weighted by Crippen LogP contribution is 2.28. The summed E-state index contributed by atoms with van der Waals surface area (Å²) in [7, 11) is 1.60. The van der Waals surface area contributed by atoms with Crippen LogP contribution in [0.4, 0.5) is 0 Å². The lowest BCUT2D eigenvalue weighted by Crippen LogP contribution is -2.44. The lowest BCUT2D eigenvalue weighted by molar-refractivity contribution is -0.141. The minimum absolute atomic E-state index is 0.341. The Kier molecular flexibility index (Phi) is 5.37. The summed E-state index contributed by atoms with van der Waals surface area (Å²) in [5, 5.41) is 8.52. The van der Waals surface area contributed by atoms with Gasteiger partial charge in [-0.25, -0.2) is 0 Å². The molecule has 0 aromatic rings. The molecule has 0 radical (unpaired) electrons. The molecule has 1 amide bonds. The van der Waals surface area contributed by atoms with Gasteiger partial charge < -0.3 is 20.5 Å². The molecule has 1 saturated carbocycles. The Hall–Kier alpha value is -1.14. The van der Waals surface area contributed by atoms with Crippen LogP contribution in [0.3, 0.4) is 0 Å². The lowest BCUT2D eigenvalue weighted by Gasteiger charge is -2.20. The van der Waals surface area contributed by atoms with Gasteiger partial charge in [-0.15, -0.1) is 0 Å². The minimum Gasteiger partial charge on any atom is -0.481 e. The van der Waals surface area contributed by atoms with Crippen molar-refractivity contribution in [1.82, 2.24) is 4.90 Å². The molecule has 0 saturated heterocycles. The van der Waals surface area contributed by atoms with E-state index in [2.05, 4.69) is 0 Å². The average molecular weight is 244 g/mol. The minimum atomic E-state index is -1.07. The number of carbonyl (C=O) groups is 2. The molecule has 0 spiro atoms. The molecule has 1 aliphatic carbocycles. The number of carbonyl (C=O) groups excluding carboxylic acids is 1. The van der Waals surface area contributed by atoms with Crippen molar-refractivity contribution in [3.05, 3.63) is 0 Å². The van der Waals surface area contributed by atoms with Crippen molar-refractivity contribution >= 4 is 11.9 Å². The summed E-state index contributed by atoms with van der Waals surface area (Å²) in [6.45, 7) is 1.67. The zero-order chi connectivity index (χ0) is 12.8. The molecule has 3 N–H and O–H groups in total. The molecule has 0 heterocycles. The van der Waals surface area contributed by atoms with E-state index >= 15 is 0 Å². The number of likely N-dealkylation sites (N-methyl/N-ethyl adjacent to an activating group) is 1. The predicted octanol–water partition coefficient (Wildman–Crippen LogP) is -0.327. The SMILES string of the molecule is CN(CCOCC1CC1)C(=O)C(N)CC(=O)O. The number of carboxylic acid groups (broad SMARTS) is 1. The van der Waals surface area contributed by atoms with Crippen LogP contribution in [0.1, 0.15) is 19.3 Å². The van der Waals surface area contributed by atoms with Gasteiger partial charge in [0.25, 0.3) is 0 Å². The van der Waals surface area contributed by atoms with Gasteiger partial charge in [0.2, 0.25) is 5.91 Å². The third-order valence-corrected chi connectivity index (χ3v) is 2.71. The molecule has 1 atom stereocenters. The summed E-state index contributed by atoms with van der Waals surface area (Å²) in [6, 6.07) is -0.971. The molecule has 0 aromatic heterocycles. The smallest absolute Gasteiger partial charge is 0.305 e. The highest BCUT2D eigenvalue weighted by molar-refractivity contribution is 5.85. The van der Waals surface area contributed by atoms with Crippen molar-refractivity contribution in [3.8, 4) is 0 Å². The van der Waals surface area contributed by atoms with Gasteiger partial charge in [-0.05, 0) is 18.8 Å². The molecule has 98 valence electrons. The van der Waals surface area contributed by atoms with E-state index in [1.807, 2.05) is 0 Å². The summed E-state index contributed by atoms with van der Waals surface area (Å²) >= 11 is 0. The van der Waals surface area contributed by atoms with E-state index in [1.165, 1.54) is 17.7 Å². The predicted molar refractivity (Wildman–Crippen MR) is 61.4 cm³/mol. The van der Waals surface area contributed by atoms with Gasteiger partial charge in [-0.2, -0.15) is 0 Å². The second-order valence-corrected chi connectivity index (χ2v) is 4.48. The van der Waals surface area contributed by atoms with Gasteiger partial charge in [0.05, 0.1) is 19.1 Å². The van der Waals surface area contributed by atoms with Gasteiger partial charge in [0.15, 0.2) is 0 Å². The molecular weight excluding hydrogens is 224 g/mol. The number of hydrogen-bond donors (Lipinski definition) is 2. The second kappa shape index (κ2) is 6.56. The first-order valence-electron chi connectivity index (χ1n) is 5.80. The number of carboxylic acids is 1. The van der Waals surface area contributed by atoms with Crippen molar-refractivity contribution in [3.63, 3.8) is 0 Å². The lowest BCUT2D eigenvalue weighted by atomic mass is 10.2. The van der Waals surface area contributed by atoms with Gasteiger partial charge in [-0.3, -0.25) is 9.59 Å². The van der Waals surface area contributed by atoms with E-state index in [1.54, 1.807) is 7.05 Å². The third-order valence-electron chi connectivity index (χ3n) is 2.71. The second-order valence-electron chi connectivity index (χ2n) is 4.48. The fourth-order valence-corrected chi connectivity index (χ4v) is 1.40. The maximum absolute atomic E-state index is 11.6. The standard InChI is InChI=1S/C11H20N2O4/c1-13(4-5-17-7-8-2-3-8)11(16)9(12)6-10(14)15/h8-9H,2-7,12H2,1H3,(H,14,15). The summed E-state index contributed by atoms with van der Waals surface area (Å²) in [5.74, 6) is -0.725. The van der Waals surface area contributed by atoms with E-state index in [0.29, 0.717) is 19.1 Å². The molecule has 1 rings (SSSR count). The Labute approximate surface area is 101 Å². The van der Waals surface area contributed by atoms with Crippen LogP contribution in [0.25, 0.3) is 0 Å². The third kappa shape index (κ3) is 5.65. The monoisotopic (exact) mass is 244 g/mol. The van der Waals surface area contributed by atoms with Crippen molar-refractivity contribution < 1.29 is 19.4 Å². The first-order chi connectivity index (χ1) is 8.00. The van der Waals surface area contributed by atoms with E-state index in [0.717, 1.165) is 6.61 Å². The van der Waals surface area contributed by atoms with Crippen molar-refractivity contribution in [2.45, 2.75) is 25.3 Å². The largest absolute Gasteiger partial charge is 0.481 e. The highest BCUT2D eigenvalue weighted by atomic mass is 16.5. The van der Waals surface area contributed by atoms with E-state index in [9.17, 15) is 9.59 Å². The van der Waals surface area contributed by atoms with Crippen molar-refractivity contribution in [1.29, 1.82) is 0 Å². The number of nitrogens with zero attached hydrogens (tertiary/aromatic N) is 1. The summed E-state index contributed by atoms with van der Waals surface area (Å²) < 4.78 is 5.39. The highest BCUT2D eigenvalue weighted by Gasteiger charge is 2.22. The first kappa shape index (κ1) is 13.9. The van der Waals surface area contributed by atoms with Gasteiger partial charge in [-0.1, -0.05) is 0 Å². The van der Waals surface area contributed by atoms with Crippen molar-refractivity contribution in [2.24, 2.45) is 11.7 Å². The fraction of sp³-hybridized carbons (Fsp3) is 0.818. The number of ether oxygens (including phenoxy) is 1. The number of hydrogen-bond acceptors (Lipinski definition) is 4. The molecule has 1 aliphatic rings. The Balaban J connectivity index is 2.13. The van der Waals surface area contributed by atoms with Crippen LogP contribution in [0.5, 0.6) is 0 Å². The molecule has 0 aliphatic heterocycles. The van der Waals surface area contributed by atoms with Crippen LogP contribution in [-0.2, 0) is 14.3 Å². The van der Waals surface area contributed by atoms with E-state index in [4.69, 9.17) is 15.6 Å². The Morgan fingerprint density at radius 3 is 2.71 bits per heavy atom. The Bertz CT molecular complexity index is 279. The Morgan fingerprint density at radius 2 is 2.18 bits per heavy atom. The molecule has 1 fully saturated rings. The van der Waals surface area contributed by atoms with Crippen LogP contribution in [-0.4, -0.2) is 54.7 Å². The number of amides is 1. The molecule has 6 nitrogen and oxygen atoms in total. The van der Waals surface area contributed by atoms with Crippen LogP contribution < -0.4 is 5.73 Å². The van der Waals surface area contributed by atoms with E-state index in [-0.39, 0.29) is 12.3 Å². The molecule has 17 heavy (non-hydrogen) atoms. The molecule has 1 unspecified atom stereocenters. The maximum atomic E-state index is 11.6. The normalized spacial score (nSPS) is 16.6. The number of rotatable bonds is 8. The van der Waals surface area contributed by atoms with Crippen LogP contribution in [0.2, 0.25) is 0 Å². The van der Waals surface area contributed by atoms with Crippen LogP contribution in [0.15, 0.2) is 0 Å². The number of aliphatic carboxylic acids is 1. The van der Waals surface area contributed by atoms with E-state index < -0.39 is 12.0 Å². The van der Waals surface area contributed by atoms with Crippen molar-refractivity contribution in [2.75, 3.05) is 26.8 Å². The zero-order valence-corrected chi connectivity index (χ0v) is 10.1. The van der Waals surface area contributed by atoms with Gasteiger partial charge in [0.1, 0.15) is 0 Å². The maximum Gasteiger partial charge on any atom is 0.305 e. The van der Waals surface area contributed by atoms with Crippen LogP contribution in [0, 0.1) is 5.92 Å². The Morgan fingerprint density at radius 1 is 1.53 bits per heavy atom. The average Bonchev–Trinajstić information content (AvgIpc) is 3.05. The van der Waals surface area contributed by atoms with Gasteiger partial charge in [0, 0.05) is 20.2 Å². The molecule has 0 bridgehead atoms. The molecular formula is C11H20N2O4. The summed E-state index contributed by atoms with van der Waals surface area (Å²) in [6.07, 6.45) is 2.13. The first-order valence-corrected chi connectivity index (χ1v) is 5.80. The summed E-state index contributed by atoms with van der Waals surface area (Å²) in [5.41, 5.74) is 5.47. The van der Waals surface area contributed by atoms with Gasteiger partial charge >= 0.3 is 5.97 Å². The fourth-order valence-electron chi connectivity index (χ4n) is 1.40. The topological polar surface area (TPSA) is 92.9 Å². The van der Waals surface area contributed by atoms with Crippen LogP contribution >= 0.6 is 0 Å². The molecule has 0 aromatic carbocycles. The zero-order valence-electron chi connectivity index (χ0n) is 10.1. The summed E-state index contributed by atoms with van der Waals surface area (Å²) in [4.78, 5) is 23.4. The number of nitrogens with two attached hydrogens (primary N) is 1. The molecule has 6 heteroatoms. The quantitative estimate of drug-likeness (QED) is 0.570.